The molecule has 0 spiro atoms. The SMILES string of the molecule is CCCN(C(=O)c1ccn(-c2ccc(OC)cc2)n1)C1CCNCC1.Cl. The summed E-state index contributed by atoms with van der Waals surface area (Å²) in [7, 11) is 1.64. The van der Waals surface area contributed by atoms with Crippen LogP contribution in [0.2, 0.25) is 0 Å². The maximum atomic E-state index is 13.0. The van der Waals surface area contributed by atoms with E-state index < -0.39 is 0 Å². The molecule has 0 atom stereocenters. The first-order valence-corrected chi connectivity index (χ1v) is 8.94. The van der Waals surface area contributed by atoms with Crippen molar-refractivity contribution in [2.75, 3.05) is 26.7 Å². The fourth-order valence-electron chi connectivity index (χ4n) is 3.27. The highest BCUT2D eigenvalue weighted by Crippen LogP contribution is 2.18. The van der Waals surface area contributed by atoms with Gasteiger partial charge in [0.05, 0.1) is 12.8 Å². The van der Waals surface area contributed by atoms with Crippen molar-refractivity contribution in [2.45, 2.75) is 32.2 Å². The molecule has 2 aromatic rings. The number of benzene rings is 1. The predicted molar refractivity (Wildman–Crippen MR) is 105 cm³/mol. The van der Waals surface area contributed by atoms with Gasteiger partial charge in [0.25, 0.3) is 5.91 Å². The second kappa shape index (κ2) is 9.59. The first kappa shape index (κ1) is 20.3. The van der Waals surface area contributed by atoms with Gasteiger partial charge in [0.2, 0.25) is 0 Å². The molecule has 3 rings (SSSR count). The lowest BCUT2D eigenvalue weighted by molar-refractivity contribution is 0.0636. The monoisotopic (exact) mass is 378 g/mol. The first-order chi connectivity index (χ1) is 12.2. The van der Waals surface area contributed by atoms with Crippen LogP contribution in [0.15, 0.2) is 36.5 Å². The Morgan fingerprint density at radius 2 is 1.96 bits per heavy atom. The zero-order valence-electron chi connectivity index (χ0n) is 15.4. The van der Waals surface area contributed by atoms with E-state index in [-0.39, 0.29) is 18.3 Å². The van der Waals surface area contributed by atoms with Gasteiger partial charge in [0, 0.05) is 18.8 Å². The summed E-state index contributed by atoms with van der Waals surface area (Å²) < 4.78 is 6.91. The van der Waals surface area contributed by atoms with E-state index in [1.807, 2.05) is 35.4 Å². The number of methoxy groups -OCH3 is 1. The second-order valence-corrected chi connectivity index (χ2v) is 6.32. The highest BCUT2D eigenvalue weighted by atomic mass is 35.5. The van der Waals surface area contributed by atoms with E-state index in [0.29, 0.717) is 11.7 Å². The normalized spacial score (nSPS) is 14.5. The molecule has 142 valence electrons. The number of aromatic nitrogens is 2. The van der Waals surface area contributed by atoms with Crippen molar-refractivity contribution >= 4 is 18.3 Å². The summed E-state index contributed by atoms with van der Waals surface area (Å²) in [6.45, 7) is 4.83. The summed E-state index contributed by atoms with van der Waals surface area (Å²) in [5, 5.41) is 7.86. The molecule has 1 saturated heterocycles. The Hall–Kier alpha value is -2.05. The Kier molecular flexibility index (Phi) is 7.48. The molecule has 1 aliphatic rings. The van der Waals surface area contributed by atoms with Gasteiger partial charge in [0.1, 0.15) is 5.75 Å². The summed E-state index contributed by atoms with van der Waals surface area (Å²) in [6, 6.07) is 9.73. The lowest BCUT2D eigenvalue weighted by atomic mass is 10.0. The van der Waals surface area contributed by atoms with Crippen molar-refractivity contribution in [1.29, 1.82) is 0 Å². The Bertz CT molecular complexity index is 696. The minimum Gasteiger partial charge on any atom is -0.497 e. The van der Waals surface area contributed by atoms with Crippen molar-refractivity contribution in [2.24, 2.45) is 0 Å². The quantitative estimate of drug-likeness (QED) is 0.839. The average Bonchev–Trinajstić information content (AvgIpc) is 3.16. The molecule has 0 bridgehead atoms. The molecule has 0 saturated carbocycles. The maximum Gasteiger partial charge on any atom is 0.274 e. The zero-order chi connectivity index (χ0) is 17.6. The van der Waals surface area contributed by atoms with Gasteiger partial charge in [-0.05, 0) is 62.7 Å². The van der Waals surface area contributed by atoms with Gasteiger partial charge in [0.15, 0.2) is 5.69 Å². The molecule has 1 aromatic heterocycles. The van der Waals surface area contributed by atoms with E-state index in [1.165, 1.54) is 0 Å². The minimum atomic E-state index is 0. The molecule has 1 aliphatic heterocycles. The highest BCUT2D eigenvalue weighted by Gasteiger charge is 2.26. The van der Waals surface area contributed by atoms with Gasteiger partial charge >= 0.3 is 0 Å². The number of hydrogen-bond donors (Lipinski definition) is 1. The van der Waals surface area contributed by atoms with Gasteiger partial charge < -0.3 is 15.0 Å². The molecule has 0 unspecified atom stereocenters. The van der Waals surface area contributed by atoms with Crippen LogP contribution in [-0.4, -0.2) is 53.4 Å². The highest BCUT2D eigenvalue weighted by molar-refractivity contribution is 5.92. The van der Waals surface area contributed by atoms with Crippen LogP contribution in [0.25, 0.3) is 5.69 Å². The molecule has 7 heteroatoms. The molecule has 1 aromatic carbocycles. The van der Waals surface area contributed by atoms with Crippen LogP contribution in [0.3, 0.4) is 0 Å². The molecule has 2 heterocycles. The van der Waals surface area contributed by atoms with E-state index >= 15 is 0 Å². The lowest BCUT2D eigenvalue weighted by Gasteiger charge is -2.34. The minimum absolute atomic E-state index is 0. The van der Waals surface area contributed by atoms with E-state index in [0.717, 1.165) is 50.3 Å². The standard InChI is InChI=1S/C19H26N4O2.ClH/c1-3-13-22(15-8-11-20-12-9-15)19(24)18-10-14-23(21-18)16-4-6-17(25-2)7-5-16;/h4-7,10,14-15,20H,3,8-9,11-13H2,1-2H3;1H. The van der Waals surface area contributed by atoms with Crippen LogP contribution < -0.4 is 10.1 Å². The largest absolute Gasteiger partial charge is 0.497 e. The Morgan fingerprint density at radius 1 is 1.27 bits per heavy atom. The smallest absolute Gasteiger partial charge is 0.274 e. The van der Waals surface area contributed by atoms with E-state index in [1.54, 1.807) is 17.9 Å². The van der Waals surface area contributed by atoms with Crippen LogP contribution in [-0.2, 0) is 0 Å². The third-order valence-corrected chi connectivity index (χ3v) is 4.62. The van der Waals surface area contributed by atoms with Gasteiger partial charge in [-0.25, -0.2) is 4.68 Å². The number of rotatable bonds is 6. The van der Waals surface area contributed by atoms with Gasteiger partial charge in [-0.1, -0.05) is 6.92 Å². The van der Waals surface area contributed by atoms with Crippen molar-refractivity contribution in [3.63, 3.8) is 0 Å². The van der Waals surface area contributed by atoms with Crippen LogP contribution in [0, 0.1) is 0 Å². The molecular formula is C19H27ClN4O2. The third kappa shape index (κ3) is 4.56. The topological polar surface area (TPSA) is 59.4 Å². The average molecular weight is 379 g/mol. The second-order valence-electron chi connectivity index (χ2n) is 6.32. The van der Waals surface area contributed by atoms with Gasteiger partial charge in [-0.15, -0.1) is 12.4 Å². The predicted octanol–water partition coefficient (Wildman–Crippen LogP) is 2.91. The van der Waals surface area contributed by atoms with E-state index in [9.17, 15) is 4.79 Å². The molecule has 26 heavy (non-hydrogen) atoms. The first-order valence-electron chi connectivity index (χ1n) is 8.94. The lowest BCUT2D eigenvalue weighted by Crippen LogP contribution is -2.46. The maximum absolute atomic E-state index is 13.0. The zero-order valence-corrected chi connectivity index (χ0v) is 16.2. The summed E-state index contributed by atoms with van der Waals surface area (Å²) in [5.74, 6) is 0.827. The Balaban J connectivity index is 0.00000243. The van der Waals surface area contributed by atoms with Gasteiger partial charge in [-0.3, -0.25) is 4.79 Å². The van der Waals surface area contributed by atoms with Crippen molar-refractivity contribution < 1.29 is 9.53 Å². The molecule has 0 aliphatic carbocycles. The molecule has 1 N–H and O–H groups in total. The number of halogens is 1. The number of nitrogens with zero attached hydrogens (tertiary/aromatic N) is 3. The van der Waals surface area contributed by atoms with Crippen molar-refractivity contribution in [3.8, 4) is 11.4 Å². The van der Waals surface area contributed by atoms with Crippen LogP contribution in [0.1, 0.15) is 36.7 Å². The number of hydrogen-bond acceptors (Lipinski definition) is 4. The number of nitrogens with one attached hydrogen (secondary N) is 1. The fraction of sp³-hybridized carbons (Fsp3) is 0.474. The fourth-order valence-corrected chi connectivity index (χ4v) is 3.27. The summed E-state index contributed by atoms with van der Waals surface area (Å²) in [6.07, 6.45) is 4.80. The third-order valence-electron chi connectivity index (χ3n) is 4.62. The molecule has 1 fully saturated rings. The van der Waals surface area contributed by atoms with Crippen LogP contribution in [0.5, 0.6) is 5.75 Å². The van der Waals surface area contributed by atoms with Crippen molar-refractivity contribution in [1.82, 2.24) is 20.0 Å². The Labute approximate surface area is 160 Å². The molecule has 1 amide bonds. The molecular weight excluding hydrogens is 352 g/mol. The number of carbonyl (C=O) groups is 1. The summed E-state index contributed by atoms with van der Waals surface area (Å²) >= 11 is 0. The summed E-state index contributed by atoms with van der Waals surface area (Å²) in [5.41, 5.74) is 1.41. The van der Waals surface area contributed by atoms with E-state index in [4.69, 9.17) is 4.74 Å². The van der Waals surface area contributed by atoms with Gasteiger partial charge in [-0.2, -0.15) is 5.10 Å². The number of carbonyl (C=O) groups excluding carboxylic acids is 1. The number of ether oxygens (including phenoxy) is 1. The molecule has 6 nitrogen and oxygen atoms in total. The van der Waals surface area contributed by atoms with E-state index in [2.05, 4.69) is 17.3 Å². The molecule has 0 radical (unpaired) electrons. The Morgan fingerprint density at radius 3 is 2.58 bits per heavy atom. The summed E-state index contributed by atoms with van der Waals surface area (Å²) in [4.78, 5) is 15.0. The van der Waals surface area contributed by atoms with Crippen molar-refractivity contribution in [3.05, 3.63) is 42.2 Å². The number of amides is 1. The van der Waals surface area contributed by atoms with Crippen LogP contribution >= 0.6 is 12.4 Å². The van der Waals surface area contributed by atoms with Crippen LogP contribution in [0.4, 0.5) is 0 Å². The number of piperidine rings is 1.